The Morgan fingerprint density at radius 2 is 2.15 bits per heavy atom. The van der Waals surface area contributed by atoms with Gasteiger partial charge in [0.05, 0.1) is 12.1 Å². The van der Waals surface area contributed by atoms with E-state index < -0.39 is 5.97 Å². The van der Waals surface area contributed by atoms with Crippen molar-refractivity contribution in [2.75, 3.05) is 18.8 Å². The maximum atomic E-state index is 12.1. The third-order valence-electron chi connectivity index (χ3n) is 3.64. The van der Waals surface area contributed by atoms with Gasteiger partial charge in [-0.2, -0.15) is 0 Å². The summed E-state index contributed by atoms with van der Waals surface area (Å²) in [7, 11) is 0. The van der Waals surface area contributed by atoms with Crippen LogP contribution in [-0.4, -0.2) is 40.0 Å². The molecule has 2 rings (SSSR count). The van der Waals surface area contributed by atoms with Crippen molar-refractivity contribution < 1.29 is 14.7 Å². The molecule has 0 atom stereocenters. The summed E-state index contributed by atoms with van der Waals surface area (Å²) in [6.07, 6.45) is 3.00. The van der Waals surface area contributed by atoms with Gasteiger partial charge in [0, 0.05) is 24.9 Å². The Kier molecular flexibility index (Phi) is 4.94. The smallest absolute Gasteiger partial charge is 0.303 e. The summed E-state index contributed by atoms with van der Waals surface area (Å²) in [5.41, 5.74) is 6.27. The second kappa shape index (κ2) is 6.69. The van der Waals surface area contributed by atoms with Gasteiger partial charge in [-0.25, -0.2) is 4.98 Å². The fraction of sp³-hybridized carbons (Fsp3) is 0.615. The van der Waals surface area contributed by atoms with Crippen LogP contribution in [0.15, 0.2) is 5.38 Å². The highest BCUT2D eigenvalue weighted by Crippen LogP contribution is 2.22. The van der Waals surface area contributed by atoms with Crippen LogP contribution in [0.2, 0.25) is 0 Å². The van der Waals surface area contributed by atoms with Crippen LogP contribution in [-0.2, 0) is 16.0 Å². The molecule has 1 fully saturated rings. The number of hydrogen-bond donors (Lipinski definition) is 2. The molecule has 0 radical (unpaired) electrons. The van der Waals surface area contributed by atoms with Crippen molar-refractivity contribution in [3.8, 4) is 0 Å². The van der Waals surface area contributed by atoms with E-state index >= 15 is 0 Å². The Balaban J connectivity index is 1.75. The fourth-order valence-electron chi connectivity index (χ4n) is 2.47. The average molecular weight is 297 g/mol. The number of aromatic nitrogens is 1. The molecule has 0 spiro atoms. The van der Waals surface area contributed by atoms with Gasteiger partial charge in [-0.1, -0.05) is 0 Å². The van der Waals surface area contributed by atoms with Gasteiger partial charge in [0.15, 0.2) is 5.13 Å². The van der Waals surface area contributed by atoms with Crippen LogP contribution in [0.1, 0.15) is 31.4 Å². The predicted octanol–water partition coefficient (Wildman–Crippen LogP) is 1.37. The summed E-state index contributed by atoms with van der Waals surface area (Å²) in [5.74, 6) is -0.248. The number of piperidine rings is 1. The molecule has 3 N–H and O–H groups in total. The molecule has 6 nitrogen and oxygen atoms in total. The SMILES string of the molecule is Nc1nc(CC(=O)N2CCC(CCC(=O)O)CC2)cs1. The lowest BCUT2D eigenvalue weighted by atomic mass is 9.92. The van der Waals surface area contributed by atoms with Crippen molar-refractivity contribution in [1.29, 1.82) is 0 Å². The molecule has 1 aliphatic rings. The zero-order valence-electron chi connectivity index (χ0n) is 11.2. The first kappa shape index (κ1) is 14.8. The zero-order valence-corrected chi connectivity index (χ0v) is 12.1. The molecule has 0 aliphatic carbocycles. The second-order valence-corrected chi connectivity index (χ2v) is 6.00. The fourth-order valence-corrected chi connectivity index (χ4v) is 3.03. The number of aliphatic carboxylic acids is 1. The Bertz CT molecular complexity index is 481. The van der Waals surface area contributed by atoms with E-state index in [1.54, 1.807) is 0 Å². The quantitative estimate of drug-likeness (QED) is 0.855. The molecule has 110 valence electrons. The van der Waals surface area contributed by atoms with E-state index in [0.717, 1.165) is 18.5 Å². The van der Waals surface area contributed by atoms with E-state index in [0.29, 0.717) is 37.0 Å². The van der Waals surface area contributed by atoms with Crippen LogP contribution >= 0.6 is 11.3 Å². The lowest BCUT2D eigenvalue weighted by Crippen LogP contribution is -2.39. The third kappa shape index (κ3) is 4.19. The molecule has 2 heterocycles. The number of anilines is 1. The highest BCUT2D eigenvalue weighted by atomic mass is 32.1. The van der Waals surface area contributed by atoms with Crippen LogP contribution < -0.4 is 5.73 Å². The molecule has 0 bridgehead atoms. The molecule has 0 unspecified atom stereocenters. The number of thiazole rings is 1. The van der Waals surface area contributed by atoms with Crippen molar-refractivity contribution in [2.24, 2.45) is 5.92 Å². The van der Waals surface area contributed by atoms with Crippen molar-refractivity contribution in [1.82, 2.24) is 9.88 Å². The van der Waals surface area contributed by atoms with Crippen molar-refractivity contribution in [3.63, 3.8) is 0 Å². The predicted molar refractivity (Wildman–Crippen MR) is 76.4 cm³/mol. The van der Waals surface area contributed by atoms with Crippen molar-refractivity contribution in [2.45, 2.75) is 32.1 Å². The minimum atomic E-state index is -0.746. The first-order chi connectivity index (χ1) is 9.54. The van der Waals surface area contributed by atoms with E-state index in [9.17, 15) is 9.59 Å². The molecule has 1 aromatic rings. The molecular formula is C13H19N3O3S. The standard InChI is InChI=1S/C13H19N3O3S/c14-13-15-10(8-20-13)7-11(17)16-5-3-9(4-6-16)1-2-12(18)19/h8-9H,1-7H2,(H2,14,15)(H,18,19). The van der Waals surface area contributed by atoms with Crippen molar-refractivity contribution in [3.05, 3.63) is 11.1 Å². The molecule has 1 saturated heterocycles. The van der Waals surface area contributed by atoms with Gasteiger partial charge in [0.2, 0.25) is 5.91 Å². The second-order valence-electron chi connectivity index (χ2n) is 5.11. The summed E-state index contributed by atoms with van der Waals surface area (Å²) in [6.45, 7) is 1.42. The number of amides is 1. The number of carboxylic acids is 1. The summed E-state index contributed by atoms with van der Waals surface area (Å²) in [6, 6.07) is 0. The van der Waals surface area contributed by atoms with Gasteiger partial charge in [-0.3, -0.25) is 9.59 Å². The van der Waals surface area contributed by atoms with Gasteiger partial charge in [0.1, 0.15) is 0 Å². The number of carboxylic acid groups (broad SMARTS) is 1. The van der Waals surface area contributed by atoms with E-state index in [-0.39, 0.29) is 12.3 Å². The number of hydrogen-bond acceptors (Lipinski definition) is 5. The minimum absolute atomic E-state index is 0.0759. The summed E-state index contributed by atoms with van der Waals surface area (Å²) >= 11 is 1.34. The largest absolute Gasteiger partial charge is 0.481 e. The Morgan fingerprint density at radius 3 is 2.70 bits per heavy atom. The Morgan fingerprint density at radius 1 is 1.45 bits per heavy atom. The van der Waals surface area contributed by atoms with Gasteiger partial charge < -0.3 is 15.7 Å². The number of rotatable bonds is 5. The molecule has 7 heteroatoms. The topological polar surface area (TPSA) is 96.5 Å². The van der Waals surface area contributed by atoms with E-state index in [4.69, 9.17) is 10.8 Å². The lowest BCUT2D eigenvalue weighted by molar-refractivity contribution is -0.138. The summed E-state index contributed by atoms with van der Waals surface area (Å²) in [5, 5.41) is 11.0. The van der Waals surface area contributed by atoms with Crippen LogP contribution in [0.5, 0.6) is 0 Å². The molecule has 1 amide bonds. The van der Waals surface area contributed by atoms with Gasteiger partial charge >= 0.3 is 5.97 Å². The average Bonchev–Trinajstić information content (AvgIpc) is 2.82. The summed E-state index contributed by atoms with van der Waals surface area (Å²) < 4.78 is 0. The first-order valence-electron chi connectivity index (χ1n) is 6.74. The number of carbonyl (C=O) groups is 2. The minimum Gasteiger partial charge on any atom is -0.481 e. The zero-order chi connectivity index (χ0) is 14.5. The molecule has 0 aromatic carbocycles. The maximum Gasteiger partial charge on any atom is 0.303 e. The van der Waals surface area contributed by atoms with Crippen LogP contribution in [0.3, 0.4) is 0 Å². The highest BCUT2D eigenvalue weighted by Gasteiger charge is 2.23. The number of nitrogen functional groups attached to an aromatic ring is 1. The van der Waals surface area contributed by atoms with Crippen LogP contribution in [0, 0.1) is 5.92 Å². The molecular weight excluding hydrogens is 278 g/mol. The third-order valence-corrected chi connectivity index (χ3v) is 4.36. The van der Waals surface area contributed by atoms with Gasteiger partial charge in [-0.15, -0.1) is 11.3 Å². The Labute approximate surface area is 121 Å². The van der Waals surface area contributed by atoms with E-state index in [1.165, 1.54) is 11.3 Å². The molecule has 20 heavy (non-hydrogen) atoms. The summed E-state index contributed by atoms with van der Waals surface area (Å²) in [4.78, 5) is 28.6. The van der Waals surface area contributed by atoms with Gasteiger partial charge in [-0.05, 0) is 25.2 Å². The van der Waals surface area contributed by atoms with Crippen LogP contribution in [0.4, 0.5) is 5.13 Å². The Hall–Kier alpha value is -1.63. The number of likely N-dealkylation sites (tertiary alicyclic amines) is 1. The molecule has 1 aromatic heterocycles. The van der Waals surface area contributed by atoms with E-state index in [2.05, 4.69) is 4.98 Å². The normalized spacial score (nSPS) is 16.3. The van der Waals surface area contributed by atoms with E-state index in [1.807, 2.05) is 10.3 Å². The number of nitrogens with two attached hydrogens (primary N) is 1. The molecule has 0 saturated carbocycles. The lowest BCUT2D eigenvalue weighted by Gasteiger charge is -2.31. The van der Waals surface area contributed by atoms with Gasteiger partial charge in [0.25, 0.3) is 0 Å². The molecule has 1 aliphatic heterocycles. The number of carbonyl (C=O) groups excluding carboxylic acids is 1. The van der Waals surface area contributed by atoms with Crippen molar-refractivity contribution >= 4 is 28.3 Å². The number of nitrogens with zero attached hydrogens (tertiary/aromatic N) is 2. The monoisotopic (exact) mass is 297 g/mol. The van der Waals surface area contributed by atoms with Crippen LogP contribution in [0.25, 0.3) is 0 Å². The first-order valence-corrected chi connectivity index (χ1v) is 7.62. The maximum absolute atomic E-state index is 12.1. The highest BCUT2D eigenvalue weighted by molar-refractivity contribution is 7.13.